The minimum absolute atomic E-state index is 0.0950. The molecule has 3 nitrogen and oxygen atoms in total. The van der Waals surface area contributed by atoms with E-state index in [0.29, 0.717) is 11.5 Å². The predicted octanol–water partition coefficient (Wildman–Crippen LogP) is 2.32. The van der Waals surface area contributed by atoms with E-state index >= 15 is 0 Å². The van der Waals surface area contributed by atoms with Gasteiger partial charge in [0.05, 0.1) is 6.42 Å². The zero-order valence-corrected chi connectivity index (χ0v) is 12.1. The van der Waals surface area contributed by atoms with E-state index in [1.54, 1.807) is 24.3 Å². The maximum atomic E-state index is 12.8. The summed E-state index contributed by atoms with van der Waals surface area (Å²) in [6.45, 7) is 0.379. The molecule has 2 rings (SSSR count). The molecular formula is C16H15FN2OS. The number of benzene rings is 2. The molecular weight excluding hydrogens is 287 g/mol. The molecule has 1 amide bonds. The van der Waals surface area contributed by atoms with Crippen LogP contribution in [-0.2, 0) is 17.8 Å². The second-order valence-electron chi connectivity index (χ2n) is 4.64. The predicted molar refractivity (Wildman–Crippen MR) is 84.3 cm³/mol. The van der Waals surface area contributed by atoms with Gasteiger partial charge < -0.3 is 11.1 Å². The second kappa shape index (κ2) is 6.95. The van der Waals surface area contributed by atoms with Crippen LogP contribution in [0.1, 0.15) is 16.7 Å². The van der Waals surface area contributed by atoms with Crippen LogP contribution in [0.5, 0.6) is 0 Å². The Balaban J connectivity index is 1.86. The number of carbonyl (C=O) groups is 1. The van der Waals surface area contributed by atoms with Gasteiger partial charge in [0, 0.05) is 12.1 Å². The van der Waals surface area contributed by atoms with E-state index in [0.717, 1.165) is 16.7 Å². The lowest BCUT2D eigenvalue weighted by molar-refractivity contribution is -0.120. The molecule has 5 heteroatoms. The first kappa shape index (κ1) is 15.1. The lowest BCUT2D eigenvalue weighted by Gasteiger charge is -2.06. The van der Waals surface area contributed by atoms with Gasteiger partial charge in [-0.05, 0) is 23.3 Å². The highest BCUT2D eigenvalue weighted by Gasteiger charge is 2.04. The van der Waals surface area contributed by atoms with Crippen molar-refractivity contribution in [3.63, 3.8) is 0 Å². The van der Waals surface area contributed by atoms with Crippen molar-refractivity contribution < 1.29 is 9.18 Å². The number of rotatable bonds is 5. The van der Waals surface area contributed by atoms with Crippen LogP contribution in [-0.4, -0.2) is 10.9 Å². The van der Waals surface area contributed by atoms with Crippen molar-refractivity contribution in [2.24, 2.45) is 5.73 Å². The van der Waals surface area contributed by atoms with Crippen LogP contribution in [0.3, 0.4) is 0 Å². The number of hydrogen-bond donors (Lipinski definition) is 2. The molecule has 21 heavy (non-hydrogen) atoms. The third kappa shape index (κ3) is 4.65. The topological polar surface area (TPSA) is 55.1 Å². The number of halogens is 1. The molecule has 0 saturated carbocycles. The van der Waals surface area contributed by atoms with Crippen LogP contribution >= 0.6 is 12.2 Å². The summed E-state index contributed by atoms with van der Waals surface area (Å²) in [6.07, 6.45) is 0.277. The Labute approximate surface area is 128 Å². The Morgan fingerprint density at radius 3 is 2.19 bits per heavy atom. The molecule has 2 aromatic carbocycles. The number of hydrogen-bond acceptors (Lipinski definition) is 2. The molecule has 0 saturated heterocycles. The van der Waals surface area contributed by atoms with E-state index in [1.165, 1.54) is 12.1 Å². The van der Waals surface area contributed by atoms with Gasteiger partial charge in [0.2, 0.25) is 5.91 Å². The zero-order chi connectivity index (χ0) is 15.2. The average Bonchev–Trinajstić information content (AvgIpc) is 2.47. The summed E-state index contributed by atoms with van der Waals surface area (Å²) in [5, 5.41) is 2.79. The maximum absolute atomic E-state index is 12.8. The fourth-order valence-corrected chi connectivity index (χ4v) is 1.97. The number of thiocarbonyl (C=S) groups is 1. The fourth-order valence-electron chi connectivity index (χ4n) is 1.84. The lowest BCUT2D eigenvalue weighted by Crippen LogP contribution is -2.24. The Morgan fingerprint density at radius 1 is 1.05 bits per heavy atom. The SMILES string of the molecule is NC(=S)c1ccc(CC(=O)NCc2ccc(F)cc2)cc1. The summed E-state index contributed by atoms with van der Waals surface area (Å²) in [5.41, 5.74) is 8.03. The first-order valence-corrected chi connectivity index (χ1v) is 6.85. The Hall–Kier alpha value is -2.27. The third-order valence-electron chi connectivity index (χ3n) is 3.01. The lowest BCUT2D eigenvalue weighted by atomic mass is 10.1. The van der Waals surface area contributed by atoms with Gasteiger partial charge in [0.25, 0.3) is 0 Å². The molecule has 0 atom stereocenters. The first-order chi connectivity index (χ1) is 10.0. The van der Waals surface area contributed by atoms with Gasteiger partial charge in [-0.1, -0.05) is 48.6 Å². The molecule has 0 aromatic heterocycles. The van der Waals surface area contributed by atoms with E-state index < -0.39 is 0 Å². The summed E-state index contributed by atoms with van der Waals surface area (Å²) < 4.78 is 12.8. The van der Waals surface area contributed by atoms with Crippen LogP contribution in [0.2, 0.25) is 0 Å². The Morgan fingerprint density at radius 2 is 1.62 bits per heavy atom. The largest absolute Gasteiger partial charge is 0.389 e. The standard InChI is InChI=1S/C16H15FN2OS/c17-14-7-3-12(4-8-14)10-19-15(20)9-11-1-5-13(6-2-11)16(18)21/h1-8H,9-10H2,(H2,18,21)(H,19,20). The van der Waals surface area contributed by atoms with Crippen molar-refractivity contribution in [1.82, 2.24) is 5.32 Å². The summed E-state index contributed by atoms with van der Waals surface area (Å²) >= 11 is 4.87. The van der Waals surface area contributed by atoms with Crippen LogP contribution in [0.15, 0.2) is 48.5 Å². The molecule has 0 aliphatic rings. The normalized spacial score (nSPS) is 10.1. The highest BCUT2D eigenvalue weighted by atomic mass is 32.1. The van der Waals surface area contributed by atoms with E-state index in [9.17, 15) is 9.18 Å². The Kier molecular flexibility index (Phi) is 5.00. The first-order valence-electron chi connectivity index (χ1n) is 6.44. The minimum Gasteiger partial charge on any atom is -0.389 e. The van der Waals surface area contributed by atoms with Crippen molar-refractivity contribution in [3.8, 4) is 0 Å². The molecule has 0 unspecified atom stereocenters. The van der Waals surface area contributed by atoms with Gasteiger partial charge in [-0.25, -0.2) is 4.39 Å². The molecule has 0 aliphatic heterocycles. The van der Waals surface area contributed by atoms with Gasteiger partial charge in [-0.3, -0.25) is 4.79 Å². The minimum atomic E-state index is -0.289. The van der Waals surface area contributed by atoms with Crippen molar-refractivity contribution in [3.05, 3.63) is 71.0 Å². The molecule has 108 valence electrons. The summed E-state index contributed by atoms with van der Waals surface area (Å²) in [7, 11) is 0. The van der Waals surface area contributed by atoms with Crippen LogP contribution < -0.4 is 11.1 Å². The molecule has 0 spiro atoms. The molecule has 0 heterocycles. The highest BCUT2D eigenvalue weighted by Crippen LogP contribution is 2.06. The number of nitrogens with two attached hydrogens (primary N) is 1. The average molecular weight is 302 g/mol. The Bertz CT molecular complexity index is 638. The smallest absolute Gasteiger partial charge is 0.224 e. The van der Waals surface area contributed by atoms with Gasteiger partial charge in [0.1, 0.15) is 10.8 Å². The highest BCUT2D eigenvalue weighted by molar-refractivity contribution is 7.80. The van der Waals surface area contributed by atoms with E-state index in [2.05, 4.69) is 5.32 Å². The molecule has 2 aromatic rings. The van der Waals surface area contributed by atoms with Crippen molar-refractivity contribution >= 4 is 23.1 Å². The van der Waals surface area contributed by atoms with Crippen molar-refractivity contribution in [2.45, 2.75) is 13.0 Å². The number of nitrogens with one attached hydrogen (secondary N) is 1. The summed E-state index contributed by atoms with van der Waals surface area (Å²) in [5.74, 6) is -0.384. The van der Waals surface area contributed by atoms with Crippen LogP contribution in [0.4, 0.5) is 4.39 Å². The van der Waals surface area contributed by atoms with Gasteiger partial charge >= 0.3 is 0 Å². The third-order valence-corrected chi connectivity index (χ3v) is 3.24. The van der Waals surface area contributed by atoms with Crippen molar-refractivity contribution in [2.75, 3.05) is 0 Å². The molecule has 3 N–H and O–H groups in total. The van der Waals surface area contributed by atoms with Gasteiger partial charge in [0.15, 0.2) is 0 Å². The summed E-state index contributed by atoms with van der Waals surface area (Å²) in [6, 6.07) is 13.3. The number of carbonyl (C=O) groups excluding carboxylic acids is 1. The molecule has 0 bridgehead atoms. The molecule has 0 aliphatic carbocycles. The van der Waals surface area contributed by atoms with E-state index in [4.69, 9.17) is 18.0 Å². The van der Waals surface area contributed by atoms with Gasteiger partial charge in [-0.2, -0.15) is 0 Å². The van der Waals surface area contributed by atoms with Crippen molar-refractivity contribution in [1.29, 1.82) is 0 Å². The van der Waals surface area contributed by atoms with E-state index in [1.807, 2.05) is 12.1 Å². The quantitative estimate of drug-likeness (QED) is 0.833. The second-order valence-corrected chi connectivity index (χ2v) is 5.08. The van der Waals surface area contributed by atoms with Crippen LogP contribution in [0.25, 0.3) is 0 Å². The fraction of sp³-hybridized carbons (Fsp3) is 0.125. The van der Waals surface area contributed by atoms with E-state index in [-0.39, 0.29) is 18.1 Å². The zero-order valence-electron chi connectivity index (χ0n) is 11.3. The summed E-state index contributed by atoms with van der Waals surface area (Å²) in [4.78, 5) is 12.2. The maximum Gasteiger partial charge on any atom is 0.224 e. The number of amides is 1. The molecule has 0 radical (unpaired) electrons. The van der Waals surface area contributed by atoms with Gasteiger partial charge in [-0.15, -0.1) is 0 Å². The monoisotopic (exact) mass is 302 g/mol. The van der Waals surface area contributed by atoms with Crippen LogP contribution in [0, 0.1) is 5.82 Å². The molecule has 0 fully saturated rings.